The van der Waals surface area contributed by atoms with E-state index in [2.05, 4.69) is 10.3 Å². The van der Waals surface area contributed by atoms with Crippen LogP contribution >= 0.6 is 11.6 Å². The van der Waals surface area contributed by atoms with E-state index in [1.165, 1.54) is 0 Å². The van der Waals surface area contributed by atoms with Gasteiger partial charge in [0.15, 0.2) is 0 Å². The highest BCUT2D eigenvalue weighted by molar-refractivity contribution is 6.30. The van der Waals surface area contributed by atoms with Gasteiger partial charge in [0.2, 0.25) is 0 Å². The highest BCUT2D eigenvalue weighted by Gasteiger charge is 2.20. The minimum Gasteiger partial charge on any atom is -0.505 e. The van der Waals surface area contributed by atoms with Gasteiger partial charge in [-0.05, 0) is 42.8 Å². The Labute approximate surface area is 163 Å². The molecule has 0 spiro atoms. The van der Waals surface area contributed by atoms with Crippen molar-refractivity contribution >= 4 is 28.2 Å². The van der Waals surface area contributed by atoms with E-state index >= 15 is 0 Å². The van der Waals surface area contributed by atoms with Crippen LogP contribution in [0.5, 0.6) is 5.75 Å². The number of rotatable bonds is 4. The number of nitrogens with zero attached hydrogens (tertiary/aromatic N) is 1. The molecule has 1 atom stereocenters. The van der Waals surface area contributed by atoms with Crippen molar-refractivity contribution in [2.75, 3.05) is 5.32 Å². The van der Waals surface area contributed by atoms with E-state index in [4.69, 9.17) is 11.6 Å². The number of phenols is 1. The standard InChI is InChI=1S/C23H19ClN2O/c1-15-7-8-17-9-14-20(23(27)22(17)25-15)21(16-5-3-2-4-6-16)26-19-12-10-18(24)11-13-19/h2-14,21,26-27H,1H3. The third-order valence-electron chi connectivity index (χ3n) is 4.61. The fourth-order valence-corrected chi connectivity index (χ4v) is 3.34. The molecule has 0 bridgehead atoms. The van der Waals surface area contributed by atoms with Crippen LogP contribution in [0.2, 0.25) is 5.02 Å². The van der Waals surface area contributed by atoms with Crippen molar-refractivity contribution in [2.24, 2.45) is 0 Å². The van der Waals surface area contributed by atoms with Crippen molar-refractivity contribution in [3.63, 3.8) is 0 Å². The highest BCUT2D eigenvalue weighted by atomic mass is 35.5. The summed E-state index contributed by atoms with van der Waals surface area (Å²) in [6, 6.07) is 25.2. The Hall–Kier alpha value is -3.04. The van der Waals surface area contributed by atoms with E-state index in [9.17, 15) is 5.11 Å². The van der Waals surface area contributed by atoms with Gasteiger partial charge in [0, 0.05) is 27.4 Å². The first-order valence-corrected chi connectivity index (χ1v) is 9.16. The molecule has 4 aromatic rings. The molecule has 0 radical (unpaired) electrons. The number of aromatic hydroxyl groups is 1. The van der Waals surface area contributed by atoms with Gasteiger partial charge >= 0.3 is 0 Å². The normalized spacial score (nSPS) is 12.1. The molecule has 1 aromatic heterocycles. The zero-order valence-corrected chi connectivity index (χ0v) is 15.6. The molecule has 3 aromatic carbocycles. The molecule has 4 heteroatoms. The van der Waals surface area contributed by atoms with E-state index in [1.807, 2.05) is 85.8 Å². The van der Waals surface area contributed by atoms with Gasteiger partial charge in [-0.2, -0.15) is 0 Å². The lowest BCUT2D eigenvalue weighted by atomic mass is 9.96. The zero-order valence-electron chi connectivity index (χ0n) is 14.9. The van der Waals surface area contributed by atoms with Crippen molar-refractivity contribution in [3.8, 4) is 5.75 Å². The molecule has 0 saturated carbocycles. The molecule has 1 unspecified atom stereocenters. The Kier molecular flexibility index (Phi) is 4.69. The summed E-state index contributed by atoms with van der Waals surface area (Å²) >= 11 is 6.01. The van der Waals surface area contributed by atoms with Crippen LogP contribution in [-0.4, -0.2) is 10.1 Å². The van der Waals surface area contributed by atoms with Crippen molar-refractivity contribution in [3.05, 3.63) is 101 Å². The topological polar surface area (TPSA) is 45.1 Å². The minimum absolute atomic E-state index is 0.200. The van der Waals surface area contributed by atoms with Gasteiger partial charge in [0.25, 0.3) is 0 Å². The lowest BCUT2D eigenvalue weighted by Gasteiger charge is -2.22. The molecule has 4 rings (SSSR count). The number of benzene rings is 3. The number of hydrogen-bond acceptors (Lipinski definition) is 3. The number of fused-ring (bicyclic) bond motifs is 1. The Morgan fingerprint density at radius 3 is 2.33 bits per heavy atom. The van der Waals surface area contributed by atoms with Crippen molar-refractivity contribution in [1.82, 2.24) is 4.98 Å². The summed E-state index contributed by atoms with van der Waals surface area (Å²) in [7, 11) is 0. The molecule has 134 valence electrons. The fraction of sp³-hybridized carbons (Fsp3) is 0.0870. The van der Waals surface area contributed by atoms with Gasteiger partial charge in [-0.3, -0.25) is 0 Å². The number of hydrogen-bond donors (Lipinski definition) is 2. The highest BCUT2D eigenvalue weighted by Crippen LogP contribution is 2.36. The van der Waals surface area contributed by atoms with Crippen molar-refractivity contribution in [2.45, 2.75) is 13.0 Å². The van der Waals surface area contributed by atoms with Gasteiger partial charge in [-0.25, -0.2) is 4.98 Å². The lowest BCUT2D eigenvalue weighted by Crippen LogP contribution is -2.12. The first kappa shape index (κ1) is 17.4. The third-order valence-corrected chi connectivity index (χ3v) is 4.86. The van der Waals surface area contributed by atoms with Crippen molar-refractivity contribution in [1.29, 1.82) is 0 Å². The van der Waals surface area contributed by atoms with Gasteiger partial charge in [-0.15, -0.1) is 0 Å². The van der Waals surface area contributed by atoms with Crippen LogP contribution in [-0.2, 0) is 0 Å². The molecular weight excluding hydrogens is 356 g/mol. The first-order chi connectivity index (χ1) is 13.1. The average Bonchev–Trinajstić information content (AvgIpc) is 2.69. The average molecular weight is 375 g/mol. The Bertz CT molecular complexity index is 1080. The number of nitrogens with one attached hydrogen (secondary N) is 1. The molecule has 0 saturated heterocycles. The van der Waals surface area contributed by atoms with Crippen LogP contribution in [0, 0.1) is 6.92 Å². The van der Waals surface area contributed by atoms with Crippen LogP contribution in [0.4, 0.5) is 5.69 Å². The van der Waals surface area contributed by atoms with Crippen LogP contribution < -0.4 is 5.32 Å². The summed E-state index contributed by atoms with van der Waals surface area (Å²) in [6.07, 6.45) is 0. The third kappa shape index (κ3) is 3.60. The van der Waals surface area contributed by atoms with Crippen LogP contribution in [0.25, 0.3) is 10.9 Å². The summed E-state index contributed by atoms with van der Waals surface area (Å²) in [5.74, 6) is 0.200. The summed E-state index contributed by atoms with van der Waals surface area (Å²) in [6.45, 7) is 1.92. The number of pyridine rings is 1. The minimum atomic E-state index is -0.223. The van der Waals surface area contributed by atoms with Crippen LogP contribution in [0.3, 0.4) is 0 Å². The van der Waals surface area contributed by atoms with E-state index in [1.54, 1.807) is 0 Å². The van der Waals surface area contributed by atoms with Crippen molar-refractivity contribution < 1.29 is 5.11 Å². The van der Waals surface area contributed by atoms with E-state index in [0.717, 1.165) is 27.9 Å². The molecule has 1 heterocycles. The fourth-order valence-electron chi connectivity index (χ4n) is 3.22. The molecule has 2 N–H and O–H groups in total. The first-order valence-electron chi connectivity index (χ1n) is 8.78. The summed E-state index contributed by atoms with van der Waals surface area (Å²) in [4.78, 5) is 4.54. The Morgan fingerprint density at radius 1 is 0.889 bits per heavy atom. The maximum atomic E-state index is 11.0. The quantitative estimate of drug-likeness (QED) is 0.453. The molecule has 0 amide bonds. The molecule has 0 aliphatic carbocycles. The summed E-state index contributed by atoms with van der Waals surface area (Å²) in [5, 5.41) is 16.1. The molecular formula is C23H19ClN2O. The SMILES string of the molecule is Cc1ccc2ccc(C(Nc3ccc(Cl)cc3)c3ccccc3)c(O)c2n1. The van der Waals surface area contributed by atoms with Gasteiger partial charge in [0.05, 0.1) is 6.04 Å². The summed E-state index contributed by atoms with van der Waals surface area (Å²) in [5.41, 5.74) is 4.24. The van der Waals surface area contributed by atoms with E-state index in [0.29, 0.717) is 10.5 Å². The van der Waals surface area contributed by atoms with E-state index in [-0.39, 0.29) is 11.8 Å². The van der Waals surface area contributed by atoms with Gasteiger partial charge in [-0.1, -0.05) is 60.1 Å². The second-order valence-electron chi connectivity index (χ2n) is 6.52. The number of aromatic nitrogens is 1. The second kappa shape index (κ2) is 7.29. The van der Waals surface area contributed by atoms with Gasteiger partial charge < -0.3 is 10.4 Å². The smallest absolute Gasteiger partial charge is 0.147 e. The second-order valence-corrected chi connectivity index (χ2v) is 6.96. The lowest BCUT2D eigenvalue weighted by molar-refractivity contribution is 0.471. The molecule has 0 aliphatic rings. The Balaban J connectivity index is 1.84. The molecule has 3 nitrogen and oxygen atoms in total. The number of aryl methyl sites for hydroxylation is 1. The van der Waals surface area contributed by atoms with E-state index < -0.39 is 0 Å². The van der Waals surface area contributed by atoms with Gasteiger partial charge in [0.1, 0.15) is 11.3 Å². The monoisotopic (exact) mass is 374 g/mol. The largest absolute Gasteiger partial charge is 0.505 e. The maximum absolute atomic E-state index is 11.0. The molecule has 27 heavy (non-hydrogen) atoms. The number of phenolic OH excluding ortho intramolecular Hbond substituents is 1. The maximum Gasteiger partial charge on any atom is 0.147 e. The predicted molar refractivity (Wildman–Crippen MR) is 112 cm³/mol. The predicted octanol–water partition coefficient (Wildman–Crippen LogP) is 6.10. The summed E-state index contributed by atoms with van der Waals surface area (Å²) < 4.78 is 0. The molecule has 0 fully saturated rings. The number of halogens is 1. The molecule has 0 aliphatic heterocycles. The zero-order chi connectivity index (χ0) is 18.8. The number of anilines is 1. The van der Waals surface area contributed by atoms with Crippen LogP contribution in [0.1, 0.15) is 22.9 Å². The van der Waals surface area contributed by atoms with Crippen LogP contribution in [0.15, 0.2) is 78.9 Å². The Morgan fingerprint density at radius 2 is 1.59 bits per heavy atom.